The van der Waals surface area contributed by atoms with Crippen molar-refractivity contribution < 1.29 is 9.90 Å². The van der Waals surface area contributed by atoms with Crippen molar-refractivity contribution in [3.63, 3.8) is 0 Å². The third kappa shape index (κ3) is 5.77. The van der Waals surface area contributed by atoms with Crippen LogP contribution < -0.4 is 5.32 Å². The van der Waals surface area contributed by atoms with Crippen LogP contribution in [-0.2, 0) is 4.79 Å². The van der Waals surface area contributed by atoms with Crippen molar-refractivity contribution in [3.8, 4) is 0 Å². The quantitative estimate of drug-likeness (QED) is 0.711. The molecule has 2 N–H and O–H groups in total. The summed E-state index contributed by atoms with van der Waals surface area (Å²) >= 11 is 0. The number of carbonyl (C=O) groups excluding carboxylic acids is 1. The molecule has 0 spiro atoms. The Morgan fingerprint density at radius 1 is 1.40 bits per heavy atom. The van der Waals surface area contributed by atoms with E-state index in [4.69, 9.17) is 0 Å². The van der Waals surface area contributed by atoms with E-state index >= 15 is 0 Å². The normalized spacial score (nSPS) is 20.6. The van der Waals surface area contributed by atoms with Gasteiger partial charge >= 0.3 is 0 Å². The number of nitrogens with zero attached hydrogens (tertiary/aromatic N) is 2. The number of carbonyl (C=O) groups is 1. The standard InChI is InChI=1S/C15H31N3O2/c1-12(9-16-3)15(20)17(4)11-14-5-7-18(8-6-14)10-13(2)19/h12-14,16,19H,5-11H2,1-4H3. The summed E-state index contributed by atoms with van der Waals surface area (Å²) in [5.74, 6) is 0.863. The van der Waals surface area contributed by atoms with E-state index in [1.807, 2.05) is 32.8 Å². The van der Waals surface area contributed by atoms with E-state index in [0.717, 1.165) is 45.6 Å². The fourth-order valence-corrected chi connectivity index (χ4v) is 2.97. The molecule has 1 aliphatic heterocycles. The average Bonchev–Trinajstić information content (AvgIpc) is 2.39. The predicted octanol–water partition coefficient (Wildman–Crippen LogP) is 0.393. The maximum absolute atomic E-state index is 12.2. The highest BCUT2D eigenvalue weighted by Crippen LogP contribution is 2.18. The van der Waals surface area contributed by atoms with Gasteiger partial charge < -0.3 is 20.2 Å². The van der Waals surface area contributed by atoms with Gasteiger partial charge in [-0.3, -0.25) is 4.79 Å². The Morgan fingerprint density at radius 2 is 2.00 bits per heavy atom. The third-order valence-electron chi connectivity index (χ3n) is 4.07. The number of piperidine rings is 1. The van der Waals surface area contributed by atoms with Crippen LogP contribution in [0.3, 0.4) is 0 Å². The minimum atomic E-state index is -0.252. The number of aliphatic hydroxyl groups is 1. The van der Waals surface area contributed by atoms with E-state index in [-0.39, 0.29) is 17.9 Å². The molecule has 1 saturated heterocycles. The van der Waals surface area contributed by atoms with Gasteiger partial charge in [-0.25, -0.2) is 0 Å². The molecule has 20 heavy (non-hydrogen) atoms. The third-order valence-corrected chi connectivity index (χ3v) is 4.07. The number of hydrogen-bond acceptors (Lipinski definition) is 4. The van der Waals surface area contributed by atoms with Crippen LogP contribution in [0.1, 0.15) is 26.7 Å². The fourth-order valence-electron chi connectivity index (χ4n) is 2.97. The summed E-state index contributed by atoms with van der Waals surface area (Å²) in [5.41, 5.74) is 0. The zero-order chi connectivity index (χ0) is 15.1. The van der Waals surface area contributed by atoms with E-state index in [1.165, 1.54) is 0 Å². The van der Waals surface area contributed by atoms with Crippen LogP contribution in [0.4, 0.5) is 0 Å². The minimum Gasteiger partial charge on any atom is -0.392 e. The van der Waals surface area contributed by atoms with E-state index in [1.54, 1.807) is 0 Å². The van der Waals surface area contributed by atoms with E-state index in [2.05, 4.69) is 10.2 Å². The number of rotatable bonds is 7. The zero-order valence-corrected chi connectivity index (χ0v) is 13.4. The van der Waals surface area contributed by atoms with Crippen molar-refractivity contribution in [3.05, 3.63) is 0 Å². The van der Waals surface area contributed by atoms with Crippen LogP contribution in [0.5, 0.6) is 0 Å². The Hall–Kier alpha value is -0.650. The van der Waals surface area contributed by atoms with Gasteiger partial charge in [0, 0.05) is 32.6 Å². The molecule has 1 amide bonds. The van der Waals surface area contributed by atoms with Crippen molar-refractivity contribution in [2.75, 3.05) is 46.8 Å². The number of likely N-dealkylation sites (tertiary alicyclic amines) is 1. The van der Waals surface area contributed by atoms with Crippen LogP contribution in [0.15, 0.2) is 0 Å². The Bertz CT molecular complexity index is 289. The Kier molecular flexibility index (Phi) is 7.48. The number of nitrogens with one attached hydrogen (secondary N) is 1. The predicted molar refractivity (Wildman–Crippen MR) is 81.6 cm³/mol. The Balaban J connectivity index is 2.30. The lowest BCUT2D eigenvalue weighted by atomic mass is 9.95. The highest BCUT2D eigenvalue weighted by atomic mass is 16.3. The molecule has 2 unspecified atom stereocenters. The van der Waals surface area contributed by atoms with Crippen LogP contribution in [0, 0.1) is 11.8 Å². The molecule has 5 heteroatoms. The Morgan fingerprint density at radius 3 is 2.50 bits per heavy atom. The van der Waals surface area contributed by atoms with Gasteiger partial charge in [-0.05, 0) is 45.8 Å². The molecular formula is C15H31N3O2. The molecule has 0 radical (unpaired) electrons. The SMILES string of the molecule is CNCC(C)C(=O)N(C)CC1CCN(CC(C)O)CC1. The van der Waals surface area contributed by atoms with Crippen LogP contribution in [0.25, 0.3) is 0 Å². The molecule has 1 fully saturated rings. The molecule has 2 atom stereocenters. The van der Waals surface area contributed by atoms with Crippen molar-refractivity contribution in [2.45, 2.75) is 32.8 Å². The summed E-state index contributed by atoms with van der Waals surface area (Å²) in [5, 5.41) is 12.5. The second-order valence-corrected chi connectivity index (χ2v) is 6.27. The molecule has 0 saturated carbocycles. The molecule has 0 aromatic heterocycles. The molecule has 1 heterocycles. The molecular weight excluding hydrogens is 254 g/mol. The molecule has 0 bridgehead atoms. The summed E-state index contributed by atoms with van der Waals surface area (Å²) in [6.07, 6.45) is 1.98. The zero-order valence-electron chi connectivity index (χ0n) is 13.4. The second-order valence-electron chi connectivity index (χ2n) is 6.27. The van der Waals surface area contributed by atoms with Crippen LogP contribution >= 0.6 is 0 Å². The minimum absolute atomic E-state index is 0.0420. The largest absolute Gasteiger partial charge is 0.392 e. The van der Waals surface area contributed by atoms with Crippen molar-refractivity contribution in [2.24, 2.45) is 11.8 Å². The van der Waals surface area contributed by atoms with Gasteiger partial charge in [-0.2, -0.15) is 0 Å². The first-order chi connectivity index (χ1) is 9.43. The van der Waals surface area contributed by atoms with Gasteiger partial charge in [0.15, 0.2) is 0 Å². The number of amides is 1. The maximum atomic E-state index is 12.2. The van der Waals surface area contributed by atoms with Crippen molar-refractivity contribution in [1.29, 1.82) is 0 Å². The van der Waals surface area contributed by atoms with E-state index < -0.39 is 0 Å². The van der Waals surface area contributed by atoms with Gasteiger partial charge in [0.05, 0.1) is 6.10 Å². The number of hydrogen-bond donors (Lipinski definition) is 2. The van der Waals surface area contributed by atoms with Crippen LogP contribution in [-0.4, -0.2) is 73.7 Å². The second kappa shape index (κ2) is 8.60. The number of aliphatic hydroxyl groups excluding tert-OH is 1. The lowest BCUT2D eigenvalue weighted by Gasteiger charge is -2.34. The van der Waals surface area contributed by atoms with Gasteiger partial charge in [-0.15, -0.1) is 0 Å². The maximum Gasteiger partial charge on any atom is 0.226 e. The van der Waals surface area contributed by atoms with E-state index in [9.17, 15) is 9.90 Å². The molecule has 1 rings (SSSR count). The highest BCUT2D eigenvalue weighted by molar-refractivity contribution is 5.78. The summed E-state index contributed by atoms with van der Waals surface area (Å²) in [6.45, 7) is 8.22. The summed E-state index contributed by atoms with van der Waals surface area (Å²) in [6, 6.07) is 0. The molecule has 118 valence electrons. The molecule has 1 aliphatic rings. The molecule has 0 aromatic rings. The van der Waals surface area contributed by atoms with Crippen molar-refractivity contribution in [1.82, 2.24) is 15.1 Å². The van der Waals surface area contributed by atoms with Crippen LogP contribution in [0.2, 0.25) is 0 Å². The van der Waals surface area contributed by atoms with Crippen molar-refractivity contribution >= 4 is 5.91 Å². The molecule has 0 aliphatic carbocycles. The first-order valence-corrected chi connectivity index (χ1v) is 7.74. The summed E-state index contributed by atoms with van der Waals surface area (Å²) in [7, 11) is 3.79. The number of β-amino-alcohol motifs (C(OH)–C–C–N with tert-alkyl or cyclic N) is 1. The average molecular weight is 285 g/mol. The van der Waals surface area contributed by atoms with Gasteiger partial charge in [0.2, 0.25) is 5.91 Å². The fraction of sp³-hybridized carbons (Fsp3) is 0.933. The Labute approximate surface area is 123 Å². The van der Waals surface area contributed by atoms with E-state index in [0.29, 0.717) is 5.92 Å². The summed E-state index contributed by atoms with van der Waals surface area (Å²) in [4.78, 5) is 16.4. The first kappa shape index (κ1) is 17.4. The topological polar surface area (TPSA) is 55.8 Å². The van der Waals surface area contributed by atoms with Gasteiger partial charge in [0.25, 0.3) is 0 Å². The highest BCUT2D eigenvalue weighted by Gasteiger charge is 2.24. The van der Waals surface area contributed by atoms with Gasteiger partial charge in [0.1, 0.15) is 0 Å². The van der Waals surface area contributed by atoms with Gasteiger partial charge in [-0.1, -0.05) is 6.92 Å². The lowest BCUT2D eigenvalue weighted by Crippen LogP contribution is -2.43. The smallest absolute Gasteiger partial charge is 0.226 e. The molecule has 5 nitrogen and oxygen atoms in total. The summed E-state index contributed by atoms with van der Waals surface area (Å²) < 4.78 is 0. The first-order valence-electron chi connectivity index (χ1n) is 7.74. The monoisotopic (exact) mass is 285 g/mol. The molecule has 0 aromatic carbocycles. The lowest BCUT2D eigenvalue weighted by molar-refractivity contribution is -0.134.